The normalized spacial score (nSPS) is 28.8. The Morgan fingerprint density at radius 2 is 1.69 bits per heavy atom. The summed E-state index contributed by atoms with van der Waals surface area (Å²) in [5, 5.41) is 8.65. The van der Waals surface area contributed by atoms with Gasteiger partial charge in [-0.05, 0) is 55.5 Å². The highest BCUT2D eigenvalue weighted by atomic mass is 32.1. The fraction of sp³-hybridized carbons (Fsp3) is 0.455. The van der Waals surface area contributed by atoms with Gasteiger partial charge in [0.25, 0.3) is 5.19 Å². The molecule has 10 heteroatoms. The lowest BCUT2D eigenvalue weighted by atomic mass is 9.81. The van der Waals surface area contributed by atoms with Gasteiger partial charge in [-0.15, -0.1) is 0 Å². The van der Waals surface area contributed by atoms with Gasteiger partial charge in [-0.3, -0.25) is 9.59 Å². The van der Waals surface area contributed by atoms with Crippen molar-refractivity contribution < 1.29 is 32.2 Å². The zero-order chi connectivity index (χ0) is 22.9. The van der Waals surface area contributed by atoms with E-state index >= 15 is 0 Å². The molecule has 3 fully saturated rings. The minimum absolute atomic E-state index is 0.111. The van der Waals surface area contributed by atoms with Gasteiger partial charge in [0, 0.05) is 0 Å². The van der Waals surface area contributed by atoms with Crippen molar-refractivity contribution in [1.82, 2.24) is 4.98 Å². The Balaban J connectivity index is 1.45. The molecule has 6 nitrogen and oxygen atoms in total. The van der Waals surface area contributed by atoms with E-state index in [9.17, 15) is 22.8 Å². The highest BCUT2D eigenvalue weighted by Gasteiger charge is 2.63. The number of nitrogens with zero attached hydrogens (tertiary/aromatic N) is 2. The molecule has 3 aliphatic rings. The Morgan fingerprint density at radius 3 is 2.16 bits per heavy atom. The summed E-state index contributed by atoms with van der Waals surface area (Å²) in [6, 6.07) is 4.63. The number of fused-ring (bicyclic) bond motifs is 5. The second kappa shape index (κ2) is 7.12. The predicted molar refractivity (Wildman–Crippen MR) is 105 cm³/mol. The molecule has 0 spiro atoms. The zero-order valence-corrected chi connectivity index (χ0v) is 17.8. The van der Waals surface area contributed by atoms with Gasteiger partial charge in [0.1, 0.15) is 22.6 Å². The summed E-state index contributed by atoms with van der Waals surface area (Å²) in [6.45, 7) is 3.47. The number of carbonyl (C=O) groups excluding carboxylic acids is 2. The van der Waals surface area contributed by atoms with Crippen LogP contribution in [0.5, 0.6) is 10.9 Å². The molecule has 2 aliphatic heterocycles. The number of hydrogen-bond donors (Lipinski definition) is 0. The molecule has 1 unspecified atom stereocenters. The van der Waals surface area contributed by atoms with E-state index in [1.165, 1.54) is 6.07 Å². The highest BCUT2D eigenvalue weighted by molar-refractivity contribution is 7.14. The van der Waals surface area contributed by atoms with Crippen LogP contribution < -0.4 is 4.74 Å². The molecule has 2 aromatic rings. The number of thiazole rings is 1. The van der Waals surface area contributed by atoms with Crippen LogP contribution in [0.3, 0.4) is 0 Å². The maximum Gasteiger partial charge on any atom is 0.435 e. The number of halogens is 3. The zero-order valence-electron chi connectivity index (χ0n) is 17.0. The van der Waals surface area contributed by atoms with Crippen molar-refractivity contribution in [3.8, 4) is 17.0 Å². The summed E-state index contributed by atoms with van der Waals surface area (Å²) in [5.74, 6) is -1.63. The fourth-order valence-corrected chi connectivity index (χ4v) is 6.13. The van der Waals surface area contributed by atoms with Gasteiger partial charge in [0.05, 0.1) is 24.0 Å². The molecule has 1 aliphatic carbocycles. The monoisotopic (exact) mass is 462 g/mol. The second-order valence-corrected chi connectivity index (χ2v) is 9.38. The third-order valence-corrected chi connectivity index (χ3v) is 7.38. The van der Waals surface area contributed by atoms with E-state index in [4.69, 9.17) is 14.7 Å². The molecule has 1 aromatic carbocycles. The van der Waals surface area contributed by atoms with E-state index < -0.39 is 22.7 Å². The summed E-state index contributed by atoms with van der Waals surface area (Å²) in [7, 11) is 0. The van der Waals surface area contributed by atoms with Crippen molar-refractivity contribution in [2.75, 3.05) is 0 Å². The van der Waals surface area contributed by atoms with Crippen molar-refractivity contribution in [3.05, 3.63) is 39.4 Å². The Labute approximate surface area is 185 Å². The SMILES string of the molecule is Cc1cc(Oc2nc(C(F)(F)F)c(C#N)s2)cc(C)c1C1C(=O)[C@@H]2[C@H](C1=O)[C@H]1CC[C@@H]2O1. The molecular formula is C22H17F3N2O4S. The first-order valence-electron chi connectivity index (χ1n) is 10.1. The summed E-state index contributed by atoms with van der Waals surface area (Å²) in [6.07, 6.45) is -3.54. The number of benzene rings is 1. The molecule has 2 bridgehead atoms. The molecule has 2 saturated heterocycles. The van der Waals surface area contributed by atoms with E-state index in [1.54, 1.807) is 26.0 Å². The first-order valence-corrected chi connectivity index (χ1v) is 10.9. The van der Waals surface area contributed by atoms with Crippen molar-refractivity contribution in [2.45, 2.75) is 51.0 Å². The fourth-order valence-electron chi connectivity index (χ4n) is 5.37. The molecular weight excluding hydrogens is 445 g/mol. The summed E-state index contributed by atoms with van der Waals surface area (Å²) in [5.41, 5.74) is 0.602. The molecule has 0 N–H and O–H groups in total. The maximum atomic E-state index is 13.2. The van der Waals surface area contributed by atoms with Gasteiger partial charge >= 0.3 is 6.18 Å². The number of aryl methyl sites for hydroxylation is 2. The number of carbonyl (C=O) groups is 2. The average Bonchev–Trinajstić information content (AvgIpc) is 3.46. The lowest BCUT2D eigenvalue weighted by molar-refractivity contribution is -0.141. The Bertz CT molecular complexity index is 1150. The maximum absolute atomic E-state index is 13.2. The van der Waals surface area contributed by atoms with Gasteiger partial charge < -0.3 is 9.47 Å². The van der Waals surface area contributed by atoms with E-state index in [2.05, 4.69) is 4.98 Å². The van der Waals surface area contributed by atoms with E-state index in [0.717, 1.165) is 12.8 Å². The number of ketones is 2. The molecule has 32 heavy (non-hydrogen) atoms. The van der Waals surface area contributed by atoms with Crippen molar-refractivity contribution >= 4 is 22.9 Å². The lowest BCUT2D eigenvalue weighted by Gasteiger charge is -2.18. The van der Waals surface area contributed by atoms with Crippen LogP contribution in [0.4, 0.5) is 13.2 Å². The minimum atomic E-state index is -4.76. The first kappa shape index (κ1) is 21.1. The molecule has 166 valence electrons. The summed E-state index contributed by atoms with van der Waals surface area (Å²) in [4.78, 5) is 29.2. The van der Waals surface area contributed by atoms with Crippen LogP contribution in [-0.4, -0.2) is 28.8 Å². The van der Waals surface area contributed by atoms with E-state index in [-0.39, 0.29) is 46.6 Å². The largest absolute Gasteiger partial charge is 0.435 e. The third kappa shape index (κ3) is 3.06. The molecule has 1 saturated carbocycles. The van der Waals surface area contributed by atoms with E-state index in [1.807, 2.05) is 0 Å². The topological polar surface area (TPSA) is 89.3 Å². The average molecular weight is 462 g/mol. The van der Waals surface area contributed by atoms with Crippen LogP contribution in [0.25, 0.3) is 0 Å². The number of rotatable bonds is 3. The first-order chi connectivity index (χ1) is 15.1. The lowest BCUT2D eigenvalue weighted by Crippen LogP contribution is -2.29. The molecule has 0 radical (unpaired) electrons. The summed E-state index contributed by atoms with van der Waals surface area (Å²) < 4.78 is 50.4. The van der Waals surface area contributed by atoms with Gasteiger partial charge in [0.2, 0.25) is 0 Å². The van der Waals surface area contributed by atoms with Crippen molar-refractivity contribution in [3.63, 3.8) is 0 Å². The van der Waals surface area contributed by atoms with Crippen LogP contribution in [0.2, 0.25) is 0 Å². The molecule has 5 atom stereocenters. The molecule has 3 heterocycles. The van der Waals surface area contributed by atoms with Crippen molar-refractivity contribution in [2.24, 2.45) is 11.8 Å². The second-order valence-electron chi connectivity index (χ2n) is 8.42. The van der Waals surface area contributed by atoms with Crippen LogP contribution in [-0.2, 0) is 20.5 Å². The van der Waals surface area contributed by atoms with E-state index in [0.29, 0.717) is 28.0 Å². The van der Waals surface area contributed by atoms with Gasteiger partial charge in [0.15, 0.2) is 17.3 Å². The van der Waals surface area contributed by atoms with Gasteiger partial charge in [-0.1, -0.05) is 11.3 Å². The smallest absolute Gasteiger partial charge is 0.431 e. The summed E-state index contributed by atoms with van der Waals surface area (Å²) >= 11 is 0.505. The van der Waals surface area contributed by atoms with Crippen LogP contribution in [0, 0.1) is 37.0 Å². The number of alkyl halides is 3. The predicted octanol–water partition coefficient (Wildman–Crippen LogP) is 4.47. The molecule has 1 aromatic heterocycles. The Morgan fingerprint density at radius 1 is 1.12 bits per heavy atom. The number of nitriles is 1. The third-order valence-electron chi connectivity index (χ3n) is 6.54. The molecule has 5 rings (SSSR count). The van der Waals surface area contributed by atoms with Gasteiger partial charge in [-0.2, -0.15) is 23.4 Å². The quantitative estimate of drug-likeness (QED) is 0.626. The van der Waals surface area contributed by atoms with Crippen LogP contribution in [0.15, 0.2) is 12.1 Å². The highest BCUT2D eigenvalue weighted by Crippen LogP contribution is 2.53. The number of ether oxygens (including phenoxy) is 2. The van der Waals surface area contributed by atoms with Gasteiger partial charge in [-0.25, -0.2) is 0 Å². The number of Topliss-reactive ketones (excluding diaryl/α,β-unsaturated/α-hetero) is 2. The molecule has 0 amide bonds. The Kier molecular flexibility index (Phi) is 4.69. The standard InChI is InChI=1S/C22H17F3N2O4S/c1-8-5-10(30-21-27-20(22(23,24)25)13(7-26)32-21)6-9(2)14(8)17-18(28)15-11-3-4-12(31-11)16(15)19(17)29/h5-6,11-12,15-17H,3-4H2,1-2H3/t11-,12+,15-,16+,17?. The minimum Gasteiger partial charge on any atom is -0.431 e. The number of hydrogen-bond acceptors (Lipinski definition) is 7. The van der Waals surface area contributed by atoms with Crippen molar-refractivity contribution in [1.29, 1.82) is 5.26 Å². The Hall–Kier alpha value is -2.77. The number of aromatic nitrogens is 1. The van der Waals surface area contributed by atoms with Crippen LogP contribution in [0.1, 0.15) is 46.0 Å². The van der Waals surface area contributed by atoms with Crippen LogP contribution >= 0.6 is 11.3 Å².